The zero-order chi connectivity index (χ0) is 26.6. The van der Waals surface area contributed by atoms with E-state index in [1.54, 1.807) is 11.9 Å². The average Bonchev–Trinajstić information content (AvgIpc) is 3.16. The minimum atomic E-state index is -0.0116. The van der Waals surface area contributed by atoms with Gasteiger partial charge in [-0.25, -0.2) is 0 Å². The van der Waals surface area contributed by atoms with Gasteiger partial charge in [0.05, 0.1) is 5.69 Å². The Kier molecular flexibility index (Phi) is 8.93. The van der Waals surface area contributed by atoms with E-state index in [0.29, 0.717) is 24.8 Å². The van der Waals surface area contributed by atoms with Crippen LogP contribution in [0, 0.1) is 19.8 Å². The van der Waals surface area contributed by atoms with Crippen LogP contribution in [0.1, 0.15) is 69.8 Å². The number of pyridine rings is 1. The molecule has 0 bridgehead atoms. The summed E-state index contributed by atoms with van der Waals surface area (Å²) >= 11 is 0. The number of rotatable bonds is 7. The molecule has 0 spiro atoms. The van der Waals surface area contributed by atoms with Crippen molar-refractivity contribution in [2.24, 2.45) is 5.92 Å². The second kappa shape index (κ2) is 11.7. The van der Waals surface area contributed by atoms with Crippen LogP contribution in [0.2, 0.25) is 0 Å². The van der Waals surface area contributed by atoms with E-state index in [2.05, 4.69) is 61.6 Å². The van der Waals surface area contributed by atoms with Gasteiger partial charge in [0.1, 0.15) is 0 Å². The summed E-state index contributed by atoms with van der Waals surface area (Å²) in [5, 5.41) is 2.10. The summed E-state index contributed by atoms with van der Waals surface area (Å²) in [7, 11) is 1.74. The Morgan fingerprint density at radius 2 is 1.83 bits per heavy atom. The highest BCUT2D eigenvalue weighted by molar-refractivity contribution is 5.78. The molecule has 0 saturated carbocycles. The maximum absolute atomic E-state index is 12.7. The molecule has 0 atom stereocenters. The second-order valence-corrected chi connectivity index (χ2v) is 10.4. The third kappa shape index (κ3) is 6.34. The molecule has 1 fully saturated rings. The number of nitrogens with one attached hydrogen (secondary N) is 1. The fourth-order valence-corrected chi connectivity index (χ4v) is 5.20. The number of likely N-dealkylation sites (tertiary alicyclic amines) is 1. The van der Waals surface area contributed by atoms with E-state index >= 15 is 0 Å². The molecule has 3 heterocycles. The fraction of sp³-hybridized carbons (Fsp3) is 0.500. The molecule has 6 nitrogen and oxygen atoms in total. The lowest BCUT2D eigenvalue weighted by atomic mass is 9.87. The van der Waals surface area contributed by atoms with E-state index in [1.807, 2.05) is 18.7 Å². The number of carbonyl (C=O) groups excluding carboxylic acids is 2. The van der Waals surface area contributed by atoms with E-state index in [9.17, 15) is 9.59 Å². The Bertz CT molecular complexity index is 1230. The highest BCUT2D eigenvalue weighted by atomic mass is 16.2. The number of aryl methyl sites for hydroxylation is 2. The molecular formula is C30H42N4O2. The number of aromatic nitrogens is 2. The Labute approximate surface area is 215 Å². The summed E-state index contributed by atoms with van der Waals surface area (Å²) in [5.41, 5.74) is 6.88. The third-order valence-corrected chi connectivity index (χ3v) is 7.27. The normalized spacial score (nSPS) is 15.6. The summed E-state index contributed by atoms with van der Waals surface area (Å²) in [4.78, 5) is 35.7. The van der Waals surface area contributed by atoms with E-state index < -0.39 is 0 Å². The lowest BCUT2D eigenvalue weighted by Crippen LogP contribution is -2.40. The van der Waals surface area contributed by atoms with Crippen LogP contribution in [0.3, 0.4) is 0 Å². The Balaban J connectivity index is 1.82. The van der Waals surface area contributed by atoms with Gasteiger partial charge >= 0.3 is 0 Å². The predicted octanol–water partition coefficient (Wildman–Crippen LogP) is 4.06. The van der Waals surface area contributed by atoms with Crippen LogP contribution in [-0.4, -0.2) is 58.3 Å². The molecule has 1 aliphatic rings. The Morgan fingerprint density at radius 3 is 2.36 bits per heavy atom. The van der Waals surface area contributed by atoms with Gasteiger partial charge in [-0.05, 0) is 74.8 Å². The molecule has 6 heteroatoms. The second-order valence-electron chi connectivity index (χ2n) is 10.4. The molecule has 1 aliphatic heterocycles. The third-order valence-electron chi connectivity index (χ3n) is 7.27. The first kappa shape index (κ1) is 27.4. The van der Waals surface area contributed by atoms with Crippen molar-refractivity contribution in [2.75, 3.05) is 26.7 Å². The van der Waals surface area contributed by atoms with Gasteiger partial charge < -0.3 is 14.8 Å². The zero-order valence-electron chi connectivity index (χ0n) is 23.1. The number of aromatic amines is 1. The number of piperidine rings is 1. The van der Waals surface area contributed by atoms with E-state index in [1.165, 1.54) is 23.3 Å². The maximum atomic E-state index is 12.7. The number of nitrogens with zero attached hydrogens (tertiary/aromatic N) is 3. The van der Waals surface area contributed by atoms with Gasteiger partial charge in [-0.1, -0.05) is 26.5 Å². The van der Waals surface area contributed by atoms with Crippen molar-refractivity contribution in [2.45, 2.75) is 66.7 Å². The molecule has 194 valence electrons. The van der Waals surface area contributed by atoms with Crippen LogP contribution in [-0.2, 0) is 9.59 Å². The van der Waals surface area contributed by atoms with Crippen molar-refractivity contribution >= 4 is 24.5 Å². The van der Waals surface area contributed by atoms with Gasteiger partial charge in [-0.15, -0.1) is 0 Å². The van der Waals surface area contributed by atoms with Crippen LogP contribution >= 0.6 is 0 Å². The predicted molar refractivity (Wildman–Crippen MR) is 148 cm³/mol. The quantitative estimate of drug-likeness (QED) is 0.636. The molecular weight excluding hydrogens is 448 g/mol. The SMILES string of the molecule is C=c1[nH]c(-c2cc(C)nc(C)c2)c(C(C)C)/c1=C/C(=C\C)C1CCN(C(=O)CCN(C)C(C)=O)CC1. The number of hydrogen-bond acceptors (Lipinski definition) is 3. The van der Waals surface area contributed by atoms with Gasteiger partial charge in [0.25, 0.3) is 0 Å². The molecule has 0 aromatic carbocycles. The maximum Gasteiger partial charge on any atom is 0.224 e. The van der Waals surface area contributed by atoms with Crippen molar-refractivity contribution in [1.82, 2.24) is 19.8 Å². The lowest BCUT2D eigenvalue weighted by molar-refractivity contribution is -0.133. The van der Waals surface area contributed by atoms with E-state index in [-0.39, 0.29) is 11.8 Å². The molecule has 2 aromatic heterocycles. The molecule has 0 aliphatic carbocycles. The first-order valence-electron chi connectivity index (χ1n) is 13.1. The van der Waals surface area contributed by atoms with Crippen molar-refractivity contribution in [1.29, 1.82) is 0 Å². The summed E-state index contributed by atoms with van der Waals surface area (Å²) in [6, 6.07) is 4.26. The smallest absolute Gasteiger partial charge is 0.224 e. The van der Waals surface area contributed by atoms with Gasteiger partial charge in [0.15, 0.2) is 0 Å². The minimum Gasteiger partial charge on any atom is -0.355 e. The minimum absolute atomic E-state index is 0.0116. The molecule has 2 amide bonds. The number of H-pyrrole nitrogens is 1. The van der Waals surface area contributed by atoms with Crippen molar-refractivity contribution in [3.8, 4) is 11.3 Å². The van der Waals surface area contributed by atoms with Crippen LogP contribution in [0.5, 0.6) is 0 Å². The molecule has 0 radical (unpaired) electrons. The monoisotopic (exact) mass is 490 g/mol. The van der Waals surface area contributed by atoms with Gasteiger partial charge in [-0.2, -0.15) is 0 Å². The Morgan fingerprint density at radius 1 is 1.22 bits per heavy atom. The first-order chi connectivity index (χ1) is 17.0. The summed E-state index contributed by atoms with van der Waals surface area (Å²) < 4.78 is 0. The molecule has 36 heavy (non-hydrogen) atoms. The van der Waals surface area contributed by atoms with E-state index in [4.69, 9.17) is 0 Å². The molecule has 1 N–H and O–H groups in total. The van der Waals surface area contributed by atoms with Crippen LogP contribution in [0.4, 0.5) is 0 Å². The number of carbonyl (C=O) groups is 2. The van der Waals surface area contributed by atoms with Crippen LogP contribution in [0.15, 0.2) is 23.8 Å². The number of hydrogen-bond donors (Lipinski definition) is 1. The molecule has 3 rings (SSSR count). The zero-order valence-corrected chi connectivity index (χ0v) is 23.1. The summed E-state index contributed by atoms with van der Waals surface area (Å²) in [5.74, 6) is 0.856. The van der Waals surface area contributed by atoms with Crippen LogP contribution < -0.4 is 10.6 Å². The Hall–Kier alpha value is -3.15. The first-order valence-corrected chi connectivity index (χ1v) is 13.1. The standard InChI is InChI=1S/C30H42N4O2/c1-9-24(25-10-14-34(15-11-25)28(36)12-13-33(8)23(7)35)18-27-22(6)32-30(29(27)19(2)3)26-16-20(4)31-21(5)17-26/h9,16-19,25,32H,6,10-15H2,1-5,7-8H3/b24-9+,27-18+. The highest BCUT2D eigenvalue weighted by Crippen LogP contribution is 2.28. The van der Waals surface area contributed by atoms with Crippen molar-refractivity contribution < 1.29 is 9.59 Å². The van der Waals surface area contributed by atoms with Gasteiger partial charge in [0.2, 0.25) is 11.8 Å². The molecule has 0 unspecified atom stereocenters. The summed E-state index contributed by atoms with van der Waals surface area (Å²) in [6.45, 7) is 18.5. The van der Waals surface area contributed by atoms with E-state index in [0.717, 1.165) is 53.9 Å². The topological polar surface area (TPSA) is 69.3 Å². The number of allylic oxidation sites excluding steroid dienone is 2. The number of amides is 2. The highest BCUT2D eigenvalue weighted by Gasteiger charge is 2.25. The fourth-order valence-electron chi connectivity index (χ4n) is 5.20. The van der Waals surface area contributed by atoms with Gasteiger partial charge in [0, 0.05) is 67.5 Å². The average molecular weight is 491 g/mol. The van der Waals surface area contributed by atoms with Crippen molar-refractivity contribution in [3.05, 3.63) is 51.3 Å². The summed E-state index contributed by atoms with van der Waals surface area (Å²) in [6.07, 6.45) is 6.78. The molecule has 2 aromatic rings. The van der Waals surface area contributed by atoms with Crippen molar-refractivity contribution in [3.63, 3.8) is 0 Å². The lowest BCUT2D eigenvalue weighted by Gasteiger charge is -2.33. The van der Waals surface area contributed by atoms with Gasteiger partial charge in [-0.3, -0.25) is 14.6 Å². The molecule has 1 saturated heterocycles. The largest absolute Gasteiger partial charge is 0.355 e. The van der Waals surface area contributed by atoms with Crippen LogP contribution in [0.25, 0.3) is 23.9 Å².